The minimum Gasteiger partial charge on any atom is -0.427 e. The van der Waals surface area contributed by atoms with Crippen molar-refractivity contribution in [2.24, 2.45) is 0 Å². The maximum absolute atomic E-state index is 11.2. The van der Waals surface area contributed by atoms with Crippen molar-refractivity contribution >= 4 is 88.8 Å². The average Bonchev–Trinajstić information content (AvgIpc) is 2.98. The third-order valence-electron chi connectivity index (χ3n) is 10.7. The predicted octanol–water partition coefficient (Wildman–Crippen LogP) is 9.22. The van der Waals surface area contributed by atoms with Crippen LogP contribution in [-0.2, 0) is 0 Å². The Bertz CT molecular complexity index is 986. The lowest BCUT2D eigenvalue weighted by molar-refractivity contribution is 0.511. The summed E-state index contributed by atoms with van der Waals surface area (Å²) < 4.78 is -0.750. The van der Waals surface area contributed by atoms with Gasteiger partial charge in [0.1, 0.15) is 0 Å². The number of halogens is 3. The quantitative estimate of drug-likeness (QED) is 0.128. The van der Waals surface area contributed by atoms with Gasteiger partial charge in [0.15, 0.2) is 4.30 Å². The molecule has 278 valence electrons. The molecule has 0 radical (unpaired) electrons. The lowest BCUT2D eigenvalue weighted by Crippen LogP contribution is -2.56. The number of alkyl halides is 3. The zero-order valence-corrected chi connectivity index (χ0v) is 39.0. The van der Waals surface area contributed by atoms with Gasteiger partial charge in [-0.3, -0.25) is 0 Å². The third kappa shape index (κ3) is 11.0. The number of benzene rings is 2. The average molecular weight is 797 g/mol. The molecular weight excluding hydrogens is 727 g/mol. The summed E-state index contributed by atoms with van der Waals surface area (Å²) >= 11 is 14.4. The van der Waals surface area contributed by atoms with Gasteiger partial charge in [0, 0.05) is 0 Å². The molecule has 4 nitrogen and oxygen atoms in total. The molecule has 0 aromatic heterocycles. The van der Waals surface area contributed by atoms with Crippen molar-refractivity contribution in [3.63, 3.8) is 0 Å². The van der Waals surface area contributed by atoms with Gasteiger partial charge in [-0.2, -0.15) is 0 Å². The van der Waals surface area contributed by atoms with Gasteiger partial charge in [0.25, 0.3) is 0 Å². The second-order valence-electron chi connectivity index (χ2n) is 15.9. The molecule has 11 heteroatoms. The van der Waals surface area contributed by atoms with Gasteiger partial charge in [-0.05, 0) is 65.1 Å². The molecule has 0 unspecified atom stereocenters. The highest BCUT2D eigenvalue weighted by molar-refractivity contribution is 6.90. The minimum absolute atomic E-state index is 0.282. The fourth-order valence-corrected chi connectivity index (χ4v) is 20.8. The van der Waals surface area contributed by atoms with Crippen LogP contribution in [0, 0.1) is 0 Å². The van der Waals surface area contributed by atoms with Crippen molar-refractivity contribution in [2.45, 2.75) is 159 Å². The summed E-state index contributed by atoms with van der Waals surface area (Å²) in [6.45, 7) is 33.9. The summed E-state index contributed by atoms with van der Waals surface area (Å²) in [5.41, 5.74) is 2.26. The Morgan fingerprint density at radius 2 is 0.396 bits per heavy atom. The Morgan fingerprint density at radius 3 is 0.458 bits per heavy atom. The molecule has 0 spiro atoms. The van der Waals surface area contributed by atoms with Crippen LogP contribution in [0.25, 0.3) is 0 Å². The zero-order valence-electron chi connectivity index (χ0n) is 32.7. The van der Waals surface area contributed by atoms with Crippen LogP contribution in [0.3, 0.4) is 0 Å². The molecule has 0 aliphatic rings. The fourth-order valence-electron chi connectivity index (χ4n) is 7.34. The highest BCUT2D eigenvalue weighted by atomic mass is 35.6. The molecule has 0 atom stereocenters. The molecule has 0 aliphatic carbocycles. The van der Waals surface area contributed by atoms with E-state index in [2.05, 4.69) is 159 Å². The molecule has 0 saturated heterocycles. The topological polar surface area (TPSA) is 80.9 Å². The molecule has 0 saturated carbocycles. The summed E-state index contributed by atoms with van der Waals surface area (Å²) in [5.74, 6) is 0. The van der Waals surface area contributed by atoms with E-state index in [0.29, 0.717) is 0 Å². The Kier molecular flexibility index (Phi) is 19.7. The Labute approximate surface area is 314 Å². The van der Waals surface area contributed by atoms with Crippen molar-refractivity contribution in [2.75, 3.05) is 0 Å². The van der Waals surface area contributed by atoms with E-state index in [-0.39, 0.29) is 44.3 Å². The summed E-state index contributed by atoms with van der Waals surface area (Å²) in [5, 5.41) is 4.35. The van der Waals surface area contributed by atoms with Gasteiger partial charge >= 0.3 is 0 Å². The van der Waals surface area contributed by atoms with Crippen LogP contribution in [0.2, 0.25) is 44.3 Å². The van der Waals surface area contributed by atoms with E-state index in [1.165, 1.54) is 0 Å². The lowest BCUT2D eigenvalue weighted by atomic mass is 10.4. The first-order valence-electron chi connectivity index (χ1n) is 17.7. The first kappa shape index (κ1) is 48.0. The van der Waals surface area contributed by atoms with Gasteiger partial charge < -0.3 is 19.2 Å². The van der Waals surface area contributed by atoms with Gasteiger partial charge in [0.05, 0.1) is 0 Å². The molecule has 0 heterocycles. The van der Waals surface area contributed by atoms with Crippen LogP contribution >= 0.6 is 34.8 Å². The van der Waals surface area contributed by atoms with E-state index in [1.54, 1.807) is 0 Å². The van der Waals surface area contributed by atoms with Crippen molar-refractivity contribution in [1.29, 1.82) is 0 Å². The summed E-state index contributed by atoms with van der Waals surface area (Å²) in [7, 11) is -9.93. The van der Waals surface area contributed by atoms with Crippen LogP contribution in [0.15, 0.2) is 48.5 Å². The van der Waals surface area contributed by atoms with Crippen LogP contribution in [-0.4, -0.2) is 56.7 Å². The molecule has 48 heavy (non-hydrogen) atoms. The van der Waals surface area contributed by atoms with Gasteiger partial charge in [0.2, 0.25) is 33.3 Å². The van der Waals surface area contributed by atoms with Crippen LogP contribution in [0.1, 0.15) is 111 Å². The lowest BCUT2D eigenvalue weighted by Gasteiger charge is -2.36. The van der Waals surface area contributed by atoms with Crippen molar-refractivity contribution < 1.29 is 19.2 Å². The first-order valence-corrected chi connectivity index (χ1v) is 27.5. The monoisotopic (exact) mass is 794 g/mol. The van der Waals surface area contributed by atoms with E-state index < -0.39 is 37.6 Å². The molecule has 2 rings (SSSR count). The largest absolute Gasteiger partial charge is 0.427 e. The van der Waals surface area contributed by atoms with E-state index in [1.807, 2.05) is 0 Å². The normalized spacial score (nSPS) is 13.3. The minimum atomic E-state index is -2.48. The fraction of sp³-hybridized carbons (Fsp3) is 0.676. The molecular formula is C37H69Cl3O4Si4. The maximum atomic E-state index is 11.2. The van der Waals surface area contributed by atoms with E-state index in [4.69, 9.17) is 34.8 Å². The van der Waals surface area contributed by atoms with Gasteiger partial charge in [-0.25, -0.2) is 0 Å². The van der Waals surface area contributed by atoms with Crippen molar-refractivity contribution in [3.05, 3.63) is 48.5 Å². The molecule has 0 aliphatic heterocycles. The molecule has 0 bridgehead atoms. The highest BCUT2D eigenvalue weighted by Crippen LogP contribution is 2.33. The Morgan fingerprint density at radius 1 is 0.312 bits per heavy atom. The van der Waals surface area contributed by atoms with Gasteiger partial charge in [-0.15, -0.1) is 0 Å². The molecule has 2 aromatic carbocycles. The van der Waals surface area contributed by atoms with Crippen LogP contribution < -0.4 is 20.7 Å². The molecule has 2 aromatic rings. The van der Waals surface area contributed by atoms with E-state index in [0.717, 1.165) is 20.7 Å². The van der Waals surface area contributed by atoms with Gasteiger partial charge in [-0.1, -0.05) is 194 Å². The number of hydrogen-bond donors (Lipinski definition) is 4. The third-order valence-corrected chi connectivity index (χ3v) is 29.8. The van der Waals surface area contributed by atoms with E-state index >= 15 is 0 Å². The molecule has 4 N–H and O–H groups in total. The second kappa shape index (κ2) is 19.7. The van der Waals surface area contributed by atoms with Crippen molar-refractivity contribution in [1.82, 2.24) is 0 Å². The standard InChI is InChI=1S/2C18H34O2Si2.CHCl3/c2*1-13(2)21(19,14(3)4)17-9-11-18(12-10-17)22(20,15(5)6)16(7)8;2-1(3)4/h2*9-16,19-20H,1-8H3;1H. The SMILES string of the molecule is CC(C)[Si](O)(c1ccc([Si](O)(C(C)C)C(C)C)cc1)C(C)C.CC(C)[Si](O)(c1ccc([Si](O)(C(C)C)C(C)C)cc1)C(C)C.ClC(Cl)Cl. The second-order valence-corrected chi connectivity index (χ2v) is 36.1. The molecule has 0 amide bonds. The summed E-state index contributed by atoms with van der Waals surface area (Å²) in [6.07, 6.45) is 0. The summed E-state index contributed by atoms with van der Waals surface area (Å²) in [6, 6.07) is 16.6. The highest BCUT2D eigenvalue weighted by Gasteiger charge is 2.44. The zero-order chi connectivity index (χ0) is 38.2. The molecule has 0 fully saturated rings. The smallest absolute Gasteiger partial charge is 0.225 e. The van der Waals surface area contributed by atoms with E-state index in [9.17, 15) is 19.2 Å². The predicted molar refractivity (Wildman–Crippen MR) is 225 cm³/mol. The Hall–Kier alpha value is 0.0175. The van der Waals surface area contributed by atoms with Crippen LogP contribution in [0.5, 0.6) is 0 Å². The summed E-state index contributed by atoms with van der Waals surface area (Å²) in [4.78, 5) is 44.9. The number of rotatable bonds is 12. The maximum Gasteiger partial charge on any atom is 0.225 e. The Balaban J connectivity index is 0.000000827. The van der Waals surface area contributed by atoms with Crippen molar-refractivity contribution in [3.8, 4) is 0 Å². The van der Waals surface area contributed by atoms with Crippen LogP contribution in [0.4, 0.5) is 0 Å². The number of hydrogen-bond acceptors (Lipinski definition) is 4. The first-order chi connectivity index (χ1) is 21.7.